The van der Waals surface area contributed by atoms with Gasteiger partial charge < -0.3 is 19.9 Å². The molecule has 0 saturated carbocycles. The number of nitrogens with one attached hydrogen (secondary N) is 2. The van der Waals surface area contributed by atoms with Crippen LogP contribution in [0.4, 0.5) is 0 Å². The van der Waals surface area contributed by atoms with E-state index in [2.05, 4.69) is 15.3 Å². The number of nitrogens with zero attached hydrogens (tertiary/aromatic N) is 2. The number of ether oxygens (including phenoxy) is 1. The molecule has 0 aliphatic carbocycles. The van der Waals surface area contributed by atoms with Gasteiger partial charge >= 0.3 is 0 Å². The van der Waals surface area contributed by atoms with Crippen molar-refractivity contribution in [3.8, 4) is 0 Å². The quantitative estimate of drug-likeness (QED) is 0.824. The van der Waals surface area contributed by atoms with E-state index >= 15 is 0 Å². The molecule has 7 nitrogen and oxygen atoms in total. The lowest BCUT2D eigenvalue weighted by Gasteiger charge is -2.31. The van der Waals surface area contributed by atoms with Crippen LogP contribution in [0, 0.1) is 12.8 Å². The van der Waals surface area contributed by atoms with Crippen molar-refractivity contribution in [2.24, 2.45) is 5.92 Å². The second kappa shape index (κ2) is 8.31. The van der Waals surface area contributed by atoms with E-state index in [1.807, 2.05) is 32.0 Å². The van der Waals surface area contributed by atoms with Crippen molar-refractivity contribution in [3.63, 3.8) is 0 Å². The minimum Gasteiger partial charge on any atom is -0.372 e. The molecule has 2 heterocycles. The molecule has 1 saturated heterocycles. The maximum Gasteiger partial charge on any atom is 0.248 e. The minimum absolute atomic E-state index is 0.00303. The lowest BCUT2D eigenvalue weighted by Crippen LogP contribution is -2.44. The topological polar surface area (TPSA) is 87.3 Å². The van der Waals surface area contributed by atoms with Gasteiger partial charge in [-0.1, -0.05) is 6.07 Å². The number of carbonyl (C=O) groups is 2. The van der Waals surface area contributed by atoms with Crippen LogP contribution in [0.15, 0.2) is 18.2 Å². The van der Waals surface area contributed by atoms with Crippen molar-refractivity contribution >= 4 is 22.8 Å². The number of hydrogen-bond acceptors (Lipinski definition) is 4. The average molecular weight is 358 g/mol. The molecule has 0 radical (unpaired) electrons. The third-order valence-electron chi connectivity index (χ3n) is 4.76. The van der Waals surface area contributed by atoms with Crippen molar-refractivity contribution in [2.75, 3.05) is 26.3 Å². The molecular formula is C19H26N4O3. The van der Waals surface area contributed by atoms with E-state index < -0.39 is 0 Å². The third-order valence-corrected chi connectivity index (χ3v) is 4.76. The molecule has 140 valence electrons. The van der Waals surface area contributed by atoms with Crippen LogP contribution >= 0.6 is 0 Å². The highest BCUT2D eigenvalue weighted by atomic mass is 16.5. The summed E-state index contributed by atoms with van der Waals surface area (Å²) in [7, 11) is 0. The molecule has 2 N–H and O–H groups in total. The monoisotopic (exact) mass is 358 g/mol. The van der Waals surface area contributed by atoms with Crippen LogP contribution in [0.2, 0.25) is 0 Å². The van der Waals surface area contributed by atoms with E-state index in [1.54, 1.807) is 4.90 Å². The Balaban J connectivity index is 1.47. The lowest BCUT2D eigenvalue weighted by molar-refractivity contribution is -0.139. The molecule has 3 rings (SSSR count). The van der Waals surface area contributed by atoms with Crippen LogP contribution in [-0.2, 0) is 20.9 Å². The summed E-state index contributed by atoms with van der Waals surface area (Å²) in [4.78, 5) is 33.9. The minimum atomic E-state index is -0.0576. The van der Waals surface area contributed by atoms with E-state index in [-0.39, 0.29) is 24.3 Å². The second-order valence-electron chi connectivity index (χ2n) is 6.71. The van der Waals surface area contributed by atoms with Gasteiger partial charge in [0, 0.05) is 25.6 Å². The van der Waals surface area contributed by atoms with Gasteiger partial charge in [0.05, 0.1) is 17.6 Å². The molecule has 1 fully saturated rings. The van der Waals surface area contributed by atoms with E-state index in [0.29, 0.717) is 39.1 Å². The summed E-state index contributed by atoms with van der Waals surface area (Å²) >= 11 is 0. The maximum absolute atomic E-state index is 12.4. The van der Waals surface area contributed by atoms with Gasteiger partial charge in [0.25, 0.3) is 0 Å². The number of fused-ring (bicyclic) bond motifs is 1. The zero-order valence-corrected chi connectivity index (χ0v) is 15.4. The Kier molecular flexibility index (Phi) is 5.88. The average Bonchev–Trinajstić information content (AvgIpc) is 3.06. The highest BCUT2D eigenvalue weighted by Gasteiger charge is 2.27. The molecular weight excluding hydrogens is 332 g/mol. The SMILES string of the molecule is CCOCC(=O)N1CCC(C(=O)NCc2nc3ccc(C)cc3[nH]2)CC1. The number of carbonyl (C=O) groups excluding carboxylic acids is 2. The first-order chi connectivity index (χ1) is 12.6. The van der Waals surface area contributed by atoms with Gasteiger partial charge in [-0.05, 0) is 44.4 Å². The number of imidazole rings is 1. The summed E-state index contributed by atoms with van der Waals surface area (Å²) in [6.07, 6.45) is 1.37. The van der Waals surface area contributed by atoms with Crippen molar-refractivity contribution in [1.29, 1.82) is 0 Å². The Labute approximate surface area is 153 Å². The standard InChI is InChI=1S/C19H26N4O3/c1-3-26-12-18(24)23-8-6-14(7-9-23)19(25)20-11-17-21-15-5-4-13(2)10-16(15)22-17/h4-5,10,14H,3,6-9,11-12H2,1-2H3,(H,20,25)(H,21,22). The van der Waals surface area contributed by atoms with E-state index in [1.165, 1.54) is 5.56 Å². The number of benzene rings is 1. The molecule has 2 amide bonds. The number of hydrogen-bond donors (Lipinski definition) is 2. The van der Waals surface area contributed by atoms with Gasteiger partial charge in [-0.25, -0.2) is 4.98 Å². The summed E-state index contributed by atoms with van der Waals surface area (Å²) in [6.45, 7) is 6.16. The van der Waals surface area contributed by atoms with Crippen LogP contribution < -0.4 is 5.32 Å². The number of likely N-dealkylation sites (tertiary alicyclic amines) is 1. The summed E-state index contributed by atoms with van der Waals surface area (Å²) < 4.78 is 5.16. The number of aryl methyl sites for hydroxylation is 1. The van der Waals surface area contributed by atoms with E-state index in [4.69, 9.17) is 4.74 Å². The molecule has 0 bridgehead atoms. The van der Waals surface area contributed by atoms with Gasteiger partial charge in [-0.2, -0.15) is 0 Å². The Bertz CT molecular complexity index is 778. The zero-order valence-electron chi connectivity index (χ0n) is 15.4. The summed E-state index contributed by atoms with van der Waals surface area (Å²) in [5, 5.41) is 2.96. The number of H-pyrrole nitrogens is 1. The first-order valence-electron chi connectivity index (χ1n) is 9.15. The van der Waals surface area contributed by atoms with Crippen molar-refractivity contribution in [3.05, 3.63) is 29.6 Å². The fraction of sp³-hybridized carbons (Fsp3) is 0.526. The summed E-state index contributed by atoms with van der Waals surface area (Å²) in [5.41, 5.74) is 3.05. The highest BCUT2D eigenvalue weighted by Crippen LogP contribution is 2.18. The van der Waals surface area contributed by atoms with Crippen LogP contribution in [0.25, 0.3) is 11.0 Å². The normalized spacial score (nSPS) is 15.4. The van der Waals surface area contributed by atoms with Gasteiger partial charge in [-0.3, -0.25) is 9.59 Å². The number of aromatic nitrogens is 2. The van der Waals surface area contributed by atoms with Crippen LogP contribution in [0.1, 0.15) is 31.2 Å². The fourth-order valence-corrected chi connectivity index (χ4v) is 3.25. The molecule has 0 spiro atoms. The van der Waals surface area contributed by atoms with E-state index in [0.717, 1.165) is 16.9 Å². The highest BCUT2D eigenvalue weighted by molar-refractivity contribution is 5.80. The van der Waals surface area contributed by atoms with Crippen LogP contribution in [0.5, 0.6) is 0 Å². The molecule has 0 atom stereocenters. The predicted octanol–water partition coefficient (Wildman–Crippen LogP) is 1.76. The molecule has 1 aliphatic rings. The Morgan fingerprint density at radius 1 is 1.35 bits per heavy atom. The molecule has 7 heteroatoms. The van der Waals surface area contributed by atoms with Gasteiger partial charge in [0.1, 0.15) is 12.4 Å². The Morgan fingerprint density at radius 2 is 2.12 bits per heavy atom. The predicted molar refractivity (Wildman–Crippen MR) is 98.5 cm³/mol. The summed E-state index contributed by atoms with van der Waals surface area (Å²) in [5.74, 6) is 0.725. The number of aromatic amines is 1. The lowest BCUT2D eigenvalue weighted by atomic mass is 9.96. The molecule has 2 aromatic rings. The Morgan fingerprint density at radius 3 is 2.85 bits per heavy atom. The first kappa shape index (κ1) is 18.4. The maximum atomic E-state index is 12.4. The summed E-state index contributed by atoms with van der Waals surface area (Å²) in [6, 6.07) is 6.04. The molecule has 0 unspecified atom stereocenters. The molecule has 1 aromatic carbocycles. The molecule has 1 aromatic heterocycles. The zero-order chi connectivity index (χ0) is 18.5. The smallest absolute Gasteiger partial charge is 0.248 e. The Hall–Kier alpha value is -2.41. The number of piperidine rings is 1. The van der Waals surface area contributed by atoms with Gasteiger partial charge in [-0.15, -0.1) is 0 Å². The van der Waals surface area contributed by atoms with Crippen LogP contribution in [0.3, 0.4) is 0 Å². The molecule has 26 heavy (non-hydrogen) atoms. The number of rotatable bonds is 6. The van der Waals surface area contributed by atoms with Crippen molar-refractivity contribution in [2.45, 2.75) is 33.2 Å². The van der Waals surface area contributed by atoms with Crippen molar-refractivity contribution < 1.29 is 14.3 Å². The number of amides is 2. The third kappa shape index (κ3) is 4.40. The second-order valence-corrected chi connectivity index (χ2v) is 6.71. The van der Waals surface area contributed by atoms with Crippen molar-refractivity contribution in [1.82, 2.24) is 20.2 Å². The first-order valence-corrected chi connectivity index (χ1v) is 9.15. The van der Waals surface area contributed by atoms with E-state index in [9.17, 15) is 9.59 Å². The van der Waals surface area contributed by atoms with Crippen LogP contribution in [-0.4, -0.2) is 53.0 Å². The van der Waals surface area contributed by atoms with Gasteiger partial charge in [0.15, 0.2) is 0 Å². The van der Waals surface area contributed by atoms with Gasteiger partial charge in [0.2, 0.25) is 11.8 Å². The molecule has 1 aliphatic heterocycles. The largest absolute Gasteiger partial charge is 0.372 e. The fourth-order valence-electron chi connectivity index (χ4n) is 3.25.